The van der Waals surface area contributed by atoms with Crippen LogP contribution in [0.15, 0.2) is 0 Å². The molecule has 0 bridgehead atoms. The molecule has 0 radical (unpaired) electrons. The van der Waals surface area contributed by atoms with E-state index in [0.29, 0.717) is 0 Å². The molecule has 0 aliphatic heterocycles. The average molecular weight is 2170 g/mol. The van der Waals surface area contributed by atoms with E-state index in [-0.39, 0.29) is 0 Å². The van der Waals surface area contributed by atoms with E-state index in [4.69, 9.17) is 5.73 Å². The Hall–Kier alpha value is -12.1. The van der Waals surface area contributed by atoms with Crippen LogP contribution in [0.5, 0.6) is 0 Å². The molecular formula is C81H112F27N17O21. The molecule has 0 rings (SSSR count). The molecule has 1 unspecified atom stereocenters. The first-order chi connectivity index (χ1) is 67.0. The van der Waals surface area contributed by atoms with E-state index in [1.165, 1.54) is 37.2 Å². The minimum absolute atomic E-state index is 0.541. The van der Waals surface area contributed by atoms with Crippen LogP contribution in [0.25, 0.3) is 0 Å². The number of Topliss-reactive ketones (excluding diaryl/α,β-unsaturated/α-hetero) is 5. The van der Waals surface area contributed by atoms with Crippen LogP contribution in [0.3, 0.4) is 0 Å². The predicted octanol–water partition coefficient (Wildman–Crippen LogP) is 4.79. The lowest BCUT2D eigenvalue weighted by Crippen LogP contribution is -2.52. The van der Waals surface area contributed by atoms with Crippen LogP contribution in [-0.4, -0.2) is 287 Å². The molecule has 146 heavy (non-hydrogen) atoms. The lowest BCUT2D eigenvalue weighted by atomic mass is 9.70. The maximum Gasteiger partial charge on any atom is 0.471 e. The normalized spacial score (nSPS) is 12.8. The van der Waals surface area contributed by atoms with Crippen molar-refractivity contribution in [3.8, 4) is 0 Å². The van der Waals surface area contributed by atoms with Gasteiger partial charge in [0.1, 0.15) is 17.3 Å². The first-order valence-corrected chi connectivity index (χ1v) is 44.5. The molecule has 65 heteroatoms. The molecular weight excluding hydrogens is 2060 g/mol. The van der Waals surface area contributed by atoms with E-state index in [1.807, 2.05) is 0 Å². The third kappa shape index (κ3) is 61.4. The van der Waals surface area contributed by atoms with Crippen LogP contribution in [-0.2, 0) is 101 Å². The summed E-state index contributed by atoms with van der Waals surface area (Å²) in [5.74, 6) is -35.6. The van der Waals surface area contributed by atoms with Crippen molar-refractivity contribution in [2.45, 2.75) is 284 Å². The van der Waals surface area contributed by atoms with Crippen LogP contribution in [0.1, 0.15) is 212 Å². The van der Waals surface area contributed by atoms with Crippen LogP contribution in [0.4, 0.5) is 119 Å². The number of nitrogens with one attached hydrogen (secondary N) is 16. The zero-order valence-electron chi connectivity index (χ0n) is 77.6. The summed E-state index contributed by atoms with van der Waals surface area (Å²) in [6.45, 7) is -11.8. The molecule has 0 saturated carbocycles. The minimum atomic E-state index is -5.47. The molecule has 0 spiro atoms. The smallest absolute Gasteiger partial charge is 0.356 e. The molecule has 0 aromatic heterocycles. The molecule has 16 amide bonds. The Morgan fingerprint density at radius 2 is 0.342 bits per heavy atom. The van der Waals surface area contributed by atoms with Crippen molar-refractivity contribution in [1.82, 2.24) is 85.1 Å². The van der Waals surface area contributed by atoms with Crippen LogP contribution in [0, 0.1) is 5.41 Å². The number of carbonyl (C=O) groups is 21. The Bertz CT molecular complexity index is 3590. The van der Waals surface area contributed by atoms with E-state index in [9.17, 15) is 205 Å². The van der Waals surface area contributed by atoms with Gasteiger partial charge in [0.15, 0.2) is 0 Å². The fourth-order valence-electron chi connectivity index (χ4n) is 13.5. The van der Waals surface area contributed by atoms with Crippen LogP contribution in [0.2, 0.25) is 0 Å². The summed E-state index contributed by atoms with van der Waals surface area (Å²) in [7, 11) is 0. The molecule has 0 saturated heterocycles. The summed E-state index contributed by atoms with van der Waals surface area (Å²) in [5.41, 5.74) is -1.74. The van der Waals surface area contributed by atoms with Gasteiger partial charge in [-0.2, -0.15) is 119 Å². The summed E-state index contributed by atoms with van der Waals surface area (Å²) in [6.07, 6.45) is -77.3. The van der Waals surface area contributed by atoms with Gasteiger partial charge in [-0.15, -0.1) is 0 Å². The van der Waals surface area contributed by atoms with Crippen molar-refractivity contribution in [1.29, 1.82) is 0 Å². The molecule has 0 aromatic carbocycles. The van der Waals surface area contributed by atoms with E-state index in [1.54, 1.807) is 0 Å². The largest absolute Gasteiger partial charge is 0.471 e. The van der Waals surface area contributed by atoms with E-state index < -0.39 is 505 Å². The van der Waals surface area contributed by atoms with Crippen LogP contribution < -0.4 is 90.8 Å². The second-order valence-electron chi connectivity index (χ2n) is 33.3. The zero-order chi connectivity index (χ0) is 112. The number of nitrogens with two attached hydrogens (primary N) is 1. The SMILES string of the molecule is NC(CCC(=O)CC(CCC(=O)CCCNC(=O)C(F)(F)F)(CCC(=O)NCCCC(=O)C(F)(F)F)CCC(=O)NCCCC(=O)C(F)(F)F)(CCC(=O)NC(CCC(=O)CCCNC(=O)C(F)(F)F)(CCC(=O)NCCNC(=O)C(F)(F)F)CCC(=O)NCCNC(=O)C(F)(F)F)CCC(=O)NC(CCC(=O)NCCNC(=O)C(F)(F)F)(CCC(=O)NCCNC(=O)C(F)(F)F)CCC(=O)NCCNC(=O)C(F)(F)F. The number of ketones is 5. The van der Waals surface area contributed by atoms with Crippen molar-refractivity contribution in [2.24, 2.45) is 11.1 Å². The highest BCUT2D eigenvalue weighted by Gasteiger charge is 2.47. The monoisotopic (exact) mass is 2170 g/mol. The van der Waals surface area contributed by atoms with Gasteiger partial charge in [0.25, 0.3) is 0 Å². The fourth-order valence-corrected chi connectivity index (χ4v) is 13.5. The first-order valence-electron chi connectivity index (χ1n) is 44.5. The zero-order valence-corrected chi connectivity index (χ0v) is 77.6. The highest BCUT2D eigenvalue weighted by atomic mass is 19.4. The molecule has 0 aliphatic carbocycles. The topological polar surface area (TPSA) is 577 Å². The third-order valence-corrected chi connectivity index (χ3v) is 21.5. The fraction of sp³-hybridized carbons (Fsp3) is 0.741. The Morgan fingerprint density at radius 1 is 0.171 bits per heavy atom. The molecule has 18 N–H and O–H groups in total. The number of amides is 16. The maximum atomic E-state index is 15.2. The van der Waals surface area contributed by atoms with Gasteiger partial charge in [-0.05, 0) is 108 Å². The quantitative estimate of drug-likeness (QED) is 0.0287. The predicted molar refractivity (Wildman–Crippen MR) is 445 cm³/mol. The van der Waals surface area contributed by atoms with Crippen molar-refractivity contribution in [3.63, 3.8) is 0 Å². The summed E-state index contributed by atoms with van der Waals surface area (Å²) in [4.78, 5) is 272. The van der Waals surface area contributed by atoms with Gasteiger partial charge in [-0.1, -0.05) is 0 Å². The second kappa shape index (κ2) is 62.8. The van der Waals surface area contributed by atoms with E-state index in [0.717, 1.165) is 0 Å². The van der Waals surface area contributed by atoms with Gasteiger partial charge in [-0.25, -0.2) is 0 Å². The number of carbonyl (C=O) groups excluding carboxylic acids is 21. The van der Waals surface area contributed by atoms with E-state index >= 15 is 14.4 Å². The highest BCUT2D eigenvalue weighted by Crippen LogP contribution is 2.41. The Morgan fingerprint density at radius 3 is 0.582 bits per heavy atom. The number of hydrogen-bond acceptors (Lipinski definition) is 22. The molecule has 1 atom stereocenters. The van der Waals surface area contributed by atoms with Crippen molar-refractivity contribution >= 4 is 123 Å². The summed E-state index contributed by atoms with van der Waals surface area (Å²) < 4.78 is 353. The van der Waals surface area contributed by atoms with Crippen molar-refractivity contribution in [2.75, 3.05) is 91.6 Å². The Kier molecular flexibility index (Phi) is 57.6. The average Bonchev–Trinajstić information content (AvgIpc) is 0.835. The lowest BCUT2D eigenvalue weighted by molar-refractivity contribution is -0.173. The number of alkyl halides is 27. The van der Waals surface area contributed by atoms with Gasteiger partial charge < -0.3 is 90.8 Å². The number of halogens is 27. The Balaban J connectivity index is 9.33. The highest BCUT2D eigenvalue weighted by molar-refractivity contribution is 5.89. The minimum Gasteiger partial charge on any atom is -0.356 e. The van der Waals surface area contributed by atoms with Gasteiger partial charge in [0, 0.05) is 217 Å². The van der Waals surface area contributed by atoms with Crippen LogP contribution >= 0.6 is 0 Å². The molecule has 0 aliphatic rings. The number of rotatable bonds is 71. The summed E-state index contributed by atoms with van der Waals surface area (Å²) >= 11 is 0. The lowest BCUT2D eigenvalue weighted by Gasteiger charge is -2.37. The molecule has 0 aromatic rings. The summed E-state index contributed by atoms with van der Waals surface area (Å²) in [5, 5.41) is 30.0. The molecule has 0 fully saturated rings. The van der Waals surface area contributed by atoms with Gasteiger partial charge in [0.05, 0.1) is 0 Å². The summed E-state index contributed by atoms with van der Waals surface area (Å²) in [6, 6.07) is 0. The van der Waals surface area contributed by atoms with E-state index in [2.05, 4.69) is 47.9 Å². The van der Waals surface area contributed by atoms with Crippen molar-refractivity contribution in [3.05, 3.63) is 0 Å². The standard InChI is InChI=1S/C81H112F27N17O21/c82-73(83,84)51(129)7-3-33-110-53(131)12-22-69(21-9-48(126)5-1-35-117-62(140)75(88,89)90,23-13-54(132)111-34-4-8-52(130)74(85,86)87)47-50(128)10-24-70(109,25-14-60(138)124-71(27-11-49(127)6-2-36-118-63(141)76(91,92)93,28-16-55(133)112-37-42-119-64(142)77(94,95)96)29-17-56(134)113-38-43-120-65(143)78(97,98)99)26-15-61(139)125-72(30-18-57(135)114-39-44-121-66(144)79(100,101)102,31-19-58(136)115-40-45-122-67(145)80(103,104)105)32-20-59(137)116-41-46-123-68(146)81(106,107)108/h1-47,109H2,(H,110,131)(H,111,132)(H,112,133)(H,113,134)(H,114,135)(H,115,136)(H,116,137)(H,117,140)(H,118,141)(H,119,142)(H,120,143)(H,121,144)(H,122,145)(H,123,146)(H,124,138)(H,125,139). The molecule has 38 nitrogen and oxygen atoms in total. The maximum absolute atomic E-state index is 15.2. The molecule has 836 valence electrons. The molecule has 0 heterocycles. The van der Waals surface area contributed by atoms with Crippen molar-refractivity contribution < 1.29 is 219 Å². The Labute approximate surface area is 812 Å². The third-order valence-electron chi connectivity index (χ3n) is 21.5. The van der Waals surface area contributed by atoms with Gasteiger partial charge >= 0.3 is 96.9 Å². The van der Waals surface area contributed by atoms with Gasteiger partial charge in [0.2, 0.25) is 64.7 Å². The van der Waals surface area contributed by atoms with Gasteiger partial charge in [-0.3, -0.25) is 101 Å². The second-order valence-corrected chi connectivity index (χ2v) is 33.3. The number of hydrogen-bond donors (Lipinski definition) is 17. The first kappa shape index (κ1) is 134.